The number of urea groups is 1. The minimum Gasteiger partial charge on any atom is -0.340 e. The predicted molar refractivity (Wildman–Crippen MR) is 114 cm³/mol. The first-order valence-corrected chi connectivity index (χ1v) is 11.6. The number of carbonyl (C=O) groups excluding carboxylic acids is 3. The number of rotatable bonds is 5. The maximum atomic E-state index is 13.2. The Bertz CT molecular complexity index is 956. The molecule has 29 heavy (non-hydrogen) atoms. The van der Waals surface area contributed by atoms with Crippen LogP contribution in [0.4, 0.5) is 4.79 Å². The monoisotopic (exact) mass is 429 g/mol. The Hall–Kier alpha value is -2.32. The first kappa shape index (κ1) is 20.0. The van der Waals surface area contributed by atoms with E-state index < -0.39 is 11.6 Å². The summed E-state index contributed by atoms with van der Waals surface area (Å²) in [5, 5.41) is 4.85. The van der Waals surface area contributed by atoms with Crippen molar-refractivity contribution in [3.05, 3.63) is 51.7 Å². The van der Waals surface area contributed by atoms with Crippen LogP contribution in [0.1, 0.15) is 28.8 Å². The number of benzene rings is 1. The van der Waals surface area contributed by atoms with Gasteiger partial charge < -0.3 is 10.2 Å². The second-order valence-electron chi connectivity index (χ2n) is 7.44. The molecule has 1 aliphatic heterocycles. The van der Waals surface area contributed by atoms with Gasteiger partial charge in [0.2, 0.25) is 5.91 Å². The summed E-state index contributed by atoms with van der Waals surface area (Å²) in [6, 6.07) is 9.44. The highest BCUT2D eigenvalue weighted by atomic mass is 32.2. The molecule has 0 unspecified atom stereocenters. The highest BCUT2D eigenvalue weighted by Crippen LogP contribution is 2.42. The van der Waals surface area contributed by atoms with Crippen LogP contribution in [0.3, 0.4) is 0 Å². The number of carbonyl (C=O) groups is 3. The average molecular weight is 430 g/mol. The number of fused-ring (bicyclic) bond motifs is 2. The van der Waals surface area contributed by atoms with E-state index in [1.807, 2.05) is 42.0 Å². The number of nitrogens with zero attached hydrogens (tertiary/aromatic N) is 2. The number of likely N-dealkylation sites (N-methyl/N-ethyl adjacent to an activating group) is 1. The largest absolute Gasteiger partial charge is 0.340 e. The van der Waals surface area contributed by atoms with Crippen LogP contribution in [0.25, 0.3) is 0 Å². The molecular weight excluding hydrogens is 406 g/mol. The predicted octanol–water partition coefficient (Wildman–Crippen LogP) is 3.21. The van der Waals surface area contributed by atoms with Crippen molar-refractivity contribution in [1.29, 1.82) is 0 Å². The first-order chi connectivity index (χ1) is 13.9. The van der Waals surface area contributed by atoms with Crippen LogP contribution < -0.4 is 5.32 Å². The summed E-state index contributed by atoms with van der Waals surface area (Å²) in [7, 11) is 1.69. The van der Waals surface area contributed by atoms with Gasteiger partial charge in [-0.05, 0) is 54.7 Å². The fourth-order valence-corrected chi connectivity index (χ4v) is 5.44. The quantitative estimate of drug-likeness (QED) is 0.585. The van der Waals surface area contributed by atoms with Gasteiger partial charge >= 0.3 is 6.03 Å². The second kappa shape index (κ2) is 7.84. The summed E-state index contributed by atoms with van der Waals surface area (Å²) in [6.07, 6.45) is 4.35. The normalized spacial score (nSPS) is 20.7. The van der Waals surface area contributed by atoms with Crippen molar-refractivity contribution in [1.82, 2.24) is 15.1 Å². The van der Waals surface area contributed by atoms with Crippen LogP contribution in [-0.4, -0.2) is 47.5 Å². The molecule has 0 saturated carbocycles. The van der Waals surface area contributed by atoms with E-state index in [4.69, 9.17) is 0 Å². The maximum Gasteiger partial charge on any atom is 0.325 e. The second-order valence-corrected chi connectivity index (χ2v) is 9.32. The average Bonchev–Trinajstić information content (AvgIpc) is 3.29. The van der Waals surface area contributed by atoms with Crippen LogP contribution in [0.5, 0.6) is 0 Å². The minimum atomic E-state index is -1.00. The van der Waals surface area contributed by atoms with Crippen molar-refractivity contribution in [2.45, 2.75) is 36.2 Å². The molecule has 0 bridgehead atoms. The number of aryl methyl sites for hydroxylation is 1. The van der Waals surface area contributed by atoms with Crippen molar-refractivity contribution in [2.24, 2.45) is 0 Å². The highest BCUT2D eigenvalue weighted by Gasteiger charge is 2.54. The Kier molecular flexibility index (Phi) is 5.40. The Balaban J connectivity index is 1.46. The third kappa shape index (κ3) is 3.55. The third-order valence-electron chi connectivity index (χ3n) is 5.63. The van der Waals surface area contributed by atoms with Crippen molar-refractivity contribution in [2.75, 3.05) is 19.8 Å². The van der Waals surface area contributed by atoms with Gasteiger partial charge in [0.15, 0.2) is 0 Å². The van der Waals surface area contributed by atoms with E-state index >= 15 is 0 Å². The molecule has 2 heterocycles. The lowest BCUT2D eigenvalue weighted by Gasteiger charge is -2.31. The highest BCUT2D eigenvalue weighted by molar-refractivity contribution is 7.98. The van der Waals surface area contributed by atoms with Gasteiger partial charge in [0.1, 0.15) is 12.1 Å². The topological polar surface area (TPSA) is 69.7 Å². The standard InChI is InChI=1S/C21H23N3O3S2/c1-23(12-14-5-7-15(28-2)8-6-14)18(25)13-24-19(26)21(22-20(24)27)10-3-4-17-16(21)9-11-29-17/h5-9,11H,3-4,10,12-13H2,1-2H3,(H,22,27)/t21-/m0/s1. The molecule has 1 aromatic carbocycles. The van der Waals surface area contributed by atoms with Crippen molar-refractivity contribution in [3.63, 3.8) is 0 Å². The molecule has 1 aromatic heterocycles. The Labute approximate surface area is 178 Å². The van der Waals surface area contributed by atoms with E-state index in [0.717, 1.165) is 38.6 Å². The van der Waals surface area contributed by atoms with Gasteiger partial charge in [-0.2, -0.15) is 0 Å². The summed E-state index contributed by atoms with van der Waals surface area (Å²) in [5.41, 5.74) is 0.892. The molecule has 1 spiro atoms. The summed E-state index contributed by atoms with van der Waals surface area (Å²) < 4.78 is 0. The summed E-state index contributed by atoms with van der Waals surface area (Å²) in [4.78, 5) is 43.5. The van der Waals surface area contributed by atoms with Crippen molar-refractivity contribution in [3.8, 4) is 0 Å². The Morgan fingerprint density at radius 3 is 2.76 bits per heavy atom. The Morgan fingerprint density at radius 2 is 2.03 bits per heavy atom. The SMILES string of the molecule is CSc1ccc(CN(C)C(=O)CN2C(=O)N[C@]3(CCCc4sccc43)C2=O)cc1. The van der Waals surface area contributed by atoms with Gasteiger partial charge in [-0.1, -0.05) is 12.1 Å². The molecule has 8 heteroatoms. The number of amides is 4. The van der Waals surface area contributed by atoms with Gasteiger partial charge in [0.05, 0.1) is 0 Å². The van der Waals surface area contributed by atoms with Gasteiger partial charge in [-0.25, -0.2) is 4.79 Å². The molecule has 1 N–H and O–H groups in total. The maximum absolute atomic E-state index is 13.2. The fourth-order valence-electron chi connectivity index (χ4n) is 4.03. The van der Waals surface area contributed by atoms with Gasteiger partial charge in [0.25, 0.3) is 5.91 Å². The number of hydrogen-bond donors (Lipinski definition) is 1. The molecule has 2 aliphatic rings. The molecule has 1 atom stereocenters. The molecule has 4 amide bonds. The molecule has 1 fully saturated rings. The van der Waals surface area contributed by atoms with Gasteiger partial charge in [0, 0.05) is 28.9 Å². The molecule has 1 saturated heterocycles. The lowest BCUT2D eigenvalue weighted by atomic mass is 9.80. The zero-order valence-corrected chi connectivity index (χ0v) is 18.1. The summed E-state index contributed by atoms with van der Waals surface area (Å²) in [6.45, 7) is 0.183. The molecule has 0 radical (unpaired) electrons. The van der Waals surface area contributed by atoms with Crippen LogP contribution >= 0.6 is 23.1 Å². The summed E-state index contributed by atoms with van der Waals surface area (Å²) >= 11 is 3.28. The number of thiophene rings is 1. The number of imide groups is 1. The molecule has 2 aromatic rings. The lowest BCUT2D eigenvalue weighted by Crippen LogP contribution is -2.46. The number of hydrogen-bond acceptors (Lipinski definition) is 5. The van der Waals surface area contributed by atoms with Gasteiger partial charge in [-0.3, -0.25) is 14.5 Å². The molecule has 4 rings (SSSR count). The zero-order valence-electron chi connectivity index (χ0n) is 16.4. The third-order valence-corrected chi connectivity index (χ3v) is 7.36. The summed E-state index contributed by atoms with van der Waals surface area (Å²) in [5.74, 6) is -0.575. The van der Waals surface area contributed by atoms with E-state index in [1.165, 1.54) is 0 Å². The lowest BCUT2D eigenvalue weighted by molar-refractivity contribution is -0.139. The molecule has 6 nitrogen and oxygen atoms in total. The van der Waals surface area contributed by atoms with Crippen molar-refractivity contribution >= 4 is 40.9 Å². The number of nitrogens with one attached hydrogen (secondary N) is 1. The van der Waals surface area contributed by atoms with E-state index in [9.17, 15) is 14.4 Å². The molecule has 1 aliphatic carbocycles. The van der Waals surface area contributed by atoms with E-state index in [0.29, 0.717) is 13.0 Å². The van der Waals surface area contributed by atoms with Gasteiger partial charge in [-0.15, -0.1) is 23.1 Å². The van der Waals surface area contributed by atoms with E-state index in [-0.39, 0.29) is 18.4 Å². The smallest absolute Gasteiger partial charge is 0.325 e. The van der Waals surface area contributed by atoms with Crippen LogP contribution in [0.2, 0.25) is 0 Å². The molecular formula is C21H23N3O3S2. The van der Waals surface area contributed by atoms with Crippen molar-refractivity contribution < 1.29 is 14.4 Å². The zero-order chi connectivity index (χ0) is 20.6. The van der Waals surface area contributed by atoms with Crippen LogP contribution in [0.15, 0.2) is 40.6 Å². The van der Waals surface area contributed by atoms with E-state index in [2.05, 4.69) is 5.32 Å². The van der Waals surface area contributed by atoms with Crippen LogP contribution in [-0.2, 0) is 28.1 Å². The fraction of sp³-hybridized carbons (Fsp3) is 0.381. The first-order valence-electron chi connectivity index (χ1n) is 9.52. The number of thioether (sulfide) groups is 1. The molecule has 152 valence electrons. The minimum absolute atomic E-state index is 0.245. The van der Waals surface area contributed by atoms with Crippen LogP contribution in [0, 0.1) is 0 Å². The Morgan fingerprint density at radius 1 is 1.28 bits per heavy atom. The van der Waals surface area contributed by atoms with E-state index in [1.54, 1.807) is 35.0 Å².